The van der Waals surface area contributed by atoms with E-state index in [0.29, 0.717) is 11.3 Å². The molecule has 0 saturated carbocycles. The predicted molar refractivity (Wildman–Crippen MR) is 73.5 cm³/mol. The average molecular weight is 290 g/mol. The predicted octanol–water partition coefficient (Wildman–Crippen LogP) is 2.63. The van der Waals surface area contributed by atoms with Crippen molar-refractivity contribution in [3.05, 3.63) is 45.2 Å². The Morgan fingerprint density at radius 2 is 2.05 bits per heavy atom. The highest BCUT2D eigenvalue weighted by Gasteiger charge is 2.37. The lowest BCUT2D eigenvalue weighted by molar-refractivity contribution is -0.114. The van der Waals surface area contributed by atoms with E-state index in [-0.39, 0.29) is 12.1 Å². The van der Waals surface area contributed by atoms with Gasteiger partial charge in [-0.2, -0.15) is 0 Å². The van der Waals surface area contributed by atoms with E-state index in [1.807, 2.05) is 12.3 Å². The molecule has 0 spiro atoms. The van der Waals surface area contributed by atoms with Crippen molar-refractivity contribution < 1.29 is 14.0 Å². The van der Waals surface area contributed by atoms with Crippen molar-refractivity contribution in [2.24, 2.45) is 0 Å². The minimum atomic E-state index is -0.658. The summed E-state index contributed by atoms with van der Waals surface area (Å²) < 4.78 is 13.4. The minimum absolute atomic E-state index is 0.138. The molecule has 0 fully saturated rings. The Balaban J connectivity index is 2.06. The van der Waals surface area contributed by atoms with Gasteiger partial charge in [-0.25, -0.2) is 9.37 Å². The number of carbonyl (C=O) groups is 2. The monoisotopic (exact) mass is 290 g/mol. The van der Waals surface area contributed by atoms with E-state index < -0.39 is 17.5 Å². The van der Waals surface area contributed by atoms with E-state index >= 15 is 0 Å². The molecular weight excluding hydrogens is 279 g/mol. The smallest absolute Gasteiger partial charge is 0.298 e. The summed E-state index contributed by atoms with van der Waals surface area (Å²) in [4.78, 5) is 29.7. The number of thiazole rings is 1. The second-order valence-electron chi connectivity index (χ2n) is 4.70. The number of rotatable bonds is 2. The molecule has 1 aromatic carbocycles. The van der Waals surface area contributed by atoms with E-state index in [2.05, 4.69) is 4.98 Å². The van der Waals surface area contributed by atoms with Gasteiger partial charge in [0.25, 0.3) is 11.7 Å². The van der Waals surface area contributed by atoms with Gasteiger partial charge in [-0.1, -0.05) is 0 Å². The van der Waals surface area contributed by atoms with Gasteiger partial charge in [0.1, 0.15) is 5.82 Å². The number of hydrogen-bond acceptors (Lipinski definition) is 4. The quantitative estimate of drug-likeness (QED) is 0.799. The Morgan fingerprint density at radius 3 is 2.70 bits per heavy atom. The average Bonchev–Trinajstić information content (AvgIpc) is 2.88. The van der Waals surface area contributed by atoms with Gasteiger partial charge in [-0.15, -0.1) is 11.3 Å². The number of nitrogens with zero attached hydrogens (tertiary/aromatic N) is 2. The molecule has 2 aromatic rings. The zero-order valence-electron chi connectivity index (χ0n) is 10.9. The molecule has 1 aliphatic heterocycles. The first-order valence-corrected chi connectivity index (χ1v) is 6.92. The molecule has 1 amide bonds. The van der Waals surface area contributed by atoms with Gasteiger partial charge in [0.05, 0.1) is 28.5 Å². The highest BCUT2D eigenvalue weighted by molar-refractivity contribution is 7.09. The number of hydrogen-bond donors (Lipinski definition) is 0. The fraction of sp³-hybridized carbons (Fsp3) is 0.214. The van der Waals surface area contributed by atoms with E-state index in [1.54, 1.807) is 6.92 Å². The summed E-state index contributed by atoms with van der Waals surface area (Å²) in [7, 11) is 0. The number of aryl methyl sites for hydroxylation is 2. The lowest BCUT2D eigenvalue weighted by Gasteiger charge is -2.17. The molecular formula is C14H11FN2O2S. The summed E-state index contributed by atoms with van der Waals surface area (Å²) in [5.74, 6) is -1.79. The minimum Gasteiger partial charge on any atom is -0.298 e. The summed E-state index contributed by atoms with van der Waals surface area (Å²) in [6.45, 7) is 3.79. The van der Waals surface area contributed by atoms with Crippen LogP contribution in [-0.2, 0) is 11.3 Å². The van der Waals surface area contributed by atoms with Crippen LogP contribution in [0.15, 0.2) is 17.5 Å². The van der Waals surface area contributed by atoms with Crippen molar-refractivity contribution >= 4 is 28.7 Å². The summed E-state index contributed by atoms with van der Waals surface area (Å²) >= 11 is 1.48. The molecule has 4 nitrogen and oxygen atoms in total. The fourth-order valence-corrected chi connectivity index (χ4v) is 3.00. The number of halogens is 1. The largest absolute Gasteiger partial charge is 0.299 e. The van der Waals surface area contributed by atoms with Gasteiger partial charge in [0, 0.05) is 5.38 Å². The van der Waals surface area contributed by atoms with Crippen LogP contribution in [0.3, 0.4) is 0 Å². The van der Waals surface area contributed by atoms with Crippen LogP contribution in [-0.4, -0.2) is 16.7 Å². The highest BCUT2D eigenvalue weighted by atomic mass is 32.1. The van der Waals surface area contributed by atoms with E-state index in [4.69, 9.17) is 0 Å². The van der Waals surface area contributed by atoms with Crippen molar-refractivity contribution in [2.45, 2.75) is 20.4 Å². The molecule has 3 rings (SSSR count). The zero-order valence-corrected chi connectivity index (χ0v) is 11.8. The van der Waals surface area contributed by atoms with Crippen molar-refractivity contribution in [1.29, 1.82) is 0 Å². The van der Waals surface area contributed by atoms with Crippen molar-refractivity contribution in [1.82, 2.24) is 4.98 Å². The van der Waals surface area contributed by atoms with E-state index in [9.17, 15) is 14.0 Å². The molecule has 0 atom stereocenters. The standard InChI is InChI=1S/C14H11FN2O2S/c1-7-3-9(15)4-11-12(7)17(14(19)13(11)18)5-10-6-20-8(2)16-10/h3-4,6H,5H2,1-2H3. The molecule has 0 N–H and O–H groups in total. The van der Waals surface area contributed by atoms with Crippen molar-refractivity contribution in [3.8, 4) is 0 Å². The van der Waals surface area contributed by atoms with Crippen LogP contribution in [0.4, 0.5) is 10.1 Å². The summed E-state index contributed by atoms with van der Waals surface area (Å²) in [5, 5.41) is 2.75. The second kappa shape index (κ2) is 4.49. The number of anilines is 1. The van der Waals surface area contributed by atoms with Crippen LogP contribution in [0.25, 0.3) is 0 Å². The third-order valence-corrected chi connectivity index (χ3v) is 4.03. The van der Waals surface area contributed by atoms with Gasteiger partial charge in [0.15, 0.2) is 0 Å². The number of ketones is 1. The molecule has 6 heteroatoms. The van der Waals surface area contributed by atoms with Gasteiger partial charge in [-0.05, 0) is 31.5 Å². The Bertz CT molecular complexity index is 739. The van der Waals surface area contributed by atoms with Crippen LogP contribution in [0, 0.1) is 19.7 Å². The van der Waals surface area contributed by atoms with Crippen molar-refractivity contribution in [3.63, 3.8) is 0 Å². The summed E-state index contributed by atoms with van der Waals surface area (Å²) in [6.07, 6.45) is 0. The number of Topliss-reactive ketones (excluding diaryl/α,β-unsaturated/α-hetero) is 1. The van der Waals surface area contributed by atoms with Gasteiger partial charge < -0.3 is 0 Å². The Labute approximate surface area is 118 Å². The first-order valence-electron chi connectivity index (χ1n) is 6.04. The first kappa shape index (κ1) is 12.9. The topological polar surface area (TPSA) is 50.3 Å². The van der Waals surface area contributed by atoms with Gasteiger partial charge in [-0.3, -0.25) is 14.5 Å². The molecule has 20 heavy (non-hydrogen) atoms. The van der Waals surface area contributed by atoms with Gasteiger partial charge in [0.2, 0.25) is 0 Å². The van der Waals surface area contributed by atoms with E-state index in [1.165, 1.54) is 22.3 Å². The maximum atomic E-state index is 13.4. The fourth-order valence-electron chi connectivity index (χ4n) is 2.40. The van der Waals surface area contributed by atoms with Crippen LogP contribution in [0.5, 0.6) is 0 Å². The first-order chi connectivity index (χ1) is 9.47. The Morgan fingerprint density at radius 1 is 1.30 bits per heavy atom. The maximum absolute atomic E-state index is 13.4. The van der Waals surface area contributed by atoms with Crippen LogP contribution in [0.2, 0.25) is 0 Å². The van der Waals surface area contributed by atoms with E-state index in [0.717, 1.165) is 16.8 Å². The number of benzene rings is 1. The molecule has 1 aromatic heterocycles. The highest BCUT2D eigenvalue weighted by Crippen LogP contribution is 2.34. The van der Waals surface area contributed by atoms with Crippen molar-refractivity contribution in [2.75, 3.05) is 4.90 Å². The molecule has 1 aliphatic rings. The maximum Gasteiger partial charge on any atom is 0.299 e. The zero-order chi connectivity index (χ0) is 14.4. The molecule has 0 aliphatic carbocycles. The third-order valence-electron chi connectivity index (χ3n) is 3.21. The molecule has 0 saturated heterocycles. The normalized spacial score (nSPS) is 14.1. The SMILES string of the molecule is Cc1nc(CN2C(=O)C(=O)c3cc(F)cc(C)c32)cs1. The Kier molecular flexibility index (Phi) is 2.90. The summed E-state index contributed by atoms with van der Waals surface area (Å²) in [5.41, 5.74) is 1.93. The van der Waals surface area contributed by atoms with Crippen LogP contribution >= 0.6 is 11.3 Å². The third kappa shape index (κ3) is 1.92. The van der Waals surface area contributed by atoms with Crippen LogP contribution < -0.4 is 4.90 Å². The molecule has 102 valence electrons. The van der Waals surface area contributed by atoms with Gasteiger partial charge >= 0.3 is 0 Å². The lowest BCUT2D eigenvalue weighted by Crippen LogP contribution is -2.29. The number of carbonyl (C=O) groups excluding carboxylic acids is 2. The number of fused-ring (bicyclic) bond motifs is 1. The molecule has 0 radical (unpaired) electrons. The number of amides is 1. The molecule has 0 unspecified atom stereocenters. The molecule has 2 heterocycles. The second-order valence-corrected chi connectivity index (χ2v) is 5.76. The van der Waals surface area contributed by atoms with Crippen LogP contribution in [0.1, 0.15) is 26.6 Å². The summed E-state index contributed by atoms with van der Waals surface area (Å²) in [6, 6.07) is 2.44. The Hall–Kier alpha value is -2.08. The number of aromatic nitrogens is 1. The lowest BCUT2D eigenvalue weighted by atomic mass is 10.1. The molecule has 0 bridgehead atoms.